The summed E-state index contributed by atoms with van der Waals surface area (Å²) in [6.45, 7) is 9.53. The molecule has 1 aromatic heterocycles. The van der Waals surface area contributed by atoms with Crippen molar-refractivity contribution in [3.63, 3.8) is 0 Å². The number of nitrogens with zero attached hydrogens (tertiary/aromatic N) is 3. The Bertz CT molecular complexity index is 1060. The number of aromatic nitrogens is 2. The molecule has 1 heterocycles. The maximum absolute atomic E-state index is 14.5. The lowest BCUT2D eigenvalue weighted by atomic mass is 10.1. The number of halogens is 2. The highest BCUT2D eigenvalue weighted by atomic mass is 19.1. The monoisotopic (exact) mass is 473 g/mol. The molecule has 8 heteroatoms. The standard InChI is InChI=1S/C26H33F2N3O3/c1-5-18(3)30(15-22(32)17-33-6-2)16-23-19(4)29-31(21-10-8-7-9-11-21)26(23)34-25-13-12-20(27)14-24(25)28/h7-14,18,22,32H,5-6,15-17H2,1-4H3/t18-,22-/m1/s1. The van der Waals surface area contributed by atoms with Gasteiger partial charge in [-0.1, -0.05) is 25.1 Å². The maximum atomic E-state index is 14.5. The Morgan fingerprint density at radius 2 is 1.85 bits per heavy atom. The Hall–Kier alpha value is -2.81. The van der Waals surface area contributed by atoms with Crippen LogP contribution in [0, 0.1) is 18.6 Å². The molecule has 0 amide bonds. The van der Waals surface area contributed by atoms with Gasteiger partial charge in [0.15, 0.2) is 11.6 Å². The van der Waals surface area contributed by atoms with Gasteiger partial charge in [0.2, 0.25) is 5.88 Å². The fourth-order valence-corrected chi connectivity index (χ4v) is 3.67. The Labute approximate surface area is 199 Å². The van der Waals surface area contributed by atoms with E-state index in [-0.39, 0.29) is 18.4 Å². The molecule has 3 rings (SSSR count). The number of aliphatic hydroxyl groups excluding tert-OH is 1. The summed E-state index contributed by atoms with van der Waals surface area (Å²) in [4.78, 5) is 2.14. The van der Waals surface area contributed by atoms with E-state index in [1.165, 1.54) is 6.07 Å². The van der Waals surface area contributed by atoms with Crippen LogP contribution in [0.1, 0.15) is 38.4 Å². The summed E-state index contributed by atoms with van der Waals surface area (Å²) >= 11 is 0. The molecule has 0 aliphatic rings. The van der Waals surface area contributed by atoms with Crippen LogP contribution < -0.4 is 4.74 Å². The minimum atomic E-state index is -0.796. The van der Waals surface area contributed by atoms with Crippen molar-refractivity contribution < 1.29 is 23.4 Å². The summed E-state index contributed by atoms with van der Waals surface area (Å²) in [5.74, 6) is -1.22. The lowest BCUT2D eigenvalue weighted by molar-refractivity contribution is 0.0111. The van der Waals surface area contributed by atoms with Crippen LogP contribution in [0.25, 0.3) is 5.69 Å². The van der Waals surface area contributed by atoms with Gasteiger partial charge >= 0.3 is 0 Å². The van der Waals surface area contributed by atoms with Crippen LogP contribution in [0.4, 0.5) is 8.78 Å². The van der Waals surface area contributed by atoms with Gasteiger partial charge in [-0.2, -0.15) is 5.10 Å². The van der Waals surface area contributed by atoms with Gasteiger partial charge in [-0.05, 0) is 51.5 Å². The summed E-state index contributed by atoms with van der Waals surface area (Å²) in [6, 6.07) is 12.8. The average Bonchev–Trinajstić information content (AvgIpc) is 3.13. The molecule has 0 fully saturated rings. The normalized spacial score (nSPS) is 13.3. The maximum Gasteiger partial charge on any atom is 0.227 e. The van der Waals surface area contributed by atoms with Gasteiger partial charge in [0.25, 0.3) is 0 Å². The quantitative estimate of drug-likeness (QED) is 0.389. The number of rotatable bonds is 12. The van der Waals surface area contributed by atoms with E-state index < -0.39 is 17.7 Å². The number of benzene rings is 2. The fraction of sp³-hybridized carbons (Fsp3) is 0.423. The fourth-order valence-electron chi connectivity index (χ4n) is 3.67. The van der Waals surface area contributed by atoms with Crippen LogP contribution >= 0.6 is 0 Å². The molecule has 3 aromatic rings. The van der Waals surface area contributed by atoms with Gasteiger partial charge in [0.05, 0.1) is 29.7 Å². The minimum absolute atomic E-state index is 0.0915. The third kappa shape index (κ3) is 6.40. The highest BCUT2D eigenvalue weighted by Crippen LogP contribution is 2.33. The van der Waals surface area contributed by atoms with Crippen LogP contribution in [-0.4, -0.2) is 51.7 Å². The smallest absolute Gasteiger partial charge is 0.227 e. The number of para-hydroxylation sites is 1. The number of ether oxygens (including phenoxy) is 2. The Kier molecular flexibility index (Phi) is 9.15. The molecule has 0 bridgehead atoms. The molecule has 34 heavy (non-hydrogen) atoms. The second-order valence-corrected chi connectivity index (χ2v) is 8.29. The summed E-state index contributed by atoms with van der Waals surface area (Å²) in [6.07, 6.45) is 0.216. The lowest BCUT2D eigenvalue weighted by Crippen LogP contribution is -2.40. The second-order valence-electron chi connectivity index (χ2n) is 8.29. The topological polar surface area (TPSA) is 59.8 Å². The zero-order valence-electron chi connectivity index (χ0n) is 20.2. The number of aliphatic hydroxyl groups is 1. The largest absolute Gasteiger partial charge is 0.435 e. The molecule has 6 nitrogen and oxygen atoms in total. The molecule has 0 unspecified atom stereocenters. The summed E-state index contributed by atoms with van der Waals surface area (Å²) in [7, 11) is 0. The van der Waals surface area contributed by atoms with E-state index in [2.05, 4.69) is 23.8 Å². The van der Waals surface area contributed by atoms with Crippen LogP contribution in [-0.2, 0) is 11.3 Å². The number of aryl methyl sites for hydroxylation is 1. The van der Waals surface area contributed by atoms with Crippen molar-refractivity contribution in [3.8, 4) is 17.3 Å². The molecule has 2 atom stereocenters. The zero-order valence-corrected chi connectivity index (χ0v) is 20.2. The van der Waals surface area contributed by atoms with E-state index in [9.17, 15) is 13.9 Å². The molecular weight excluding hydrogens is 440 g/mol. The van der Waals surface area contributed by atoms with Gasteiger partial charge in [0, 0.05) is 31.8 Å². The summed E-state index contributed by atoms with van der Waals surface area (Å²) in [5.41, 5.74) is 2.23. The van der Waals surface area contributed by atoms with Gasteiger partial charge in [0.1, 0.15) is 5.82 Å². The Morgan fingerprint density at radius 3 is 2.50 bits per heavy atom. The molecule has 184 valence electrons. The average molecular weight is 474 g/mol. The third-order valence-corrected chi connectivity index (χ3v) is 5.77. The van der Waals surface area contributed by atoms with Crippen molar-refractivity contribution in [2.75, 3.05) is 19.8 Å². The lowest BCUT2D eigenvalue weighted by Gasteiger charge is -2.30. The molecule has 0 saturated heterocycles. The highest BCUT2D eigenvalue weighted by Gasteiger charge is 2.25. The van der Waals surface area contributed by atoms with Gasteiger partial charge in [-0.3, -0.25) is 4.90 Å². The van der Waals surface area contributed by atoms with Crippen LogP contribution in [0.3, 0.4) is 0 Å². The third-order valence-electron chi connectivity index (χ3n) is 5.77. The molecule has 0 saturated carbocycles. The van der Waals surface area contributed by atoms with Crippen molar-refractivity contribution >= 4 is 0 Å². The predicted octanol–water partition coefficient (Wildman–Crippen LogP) is 5.25. The van der Waals surface area contributed by atoms with Crippen LogP contribution in [0.5, 0.6) is 11.6 Å². The predicted molar refractivity (Wildman–Crippen MR) is 127 cm³/mol. The van der Waals surface area contributed by atoms with Crippen molar-refractivity contribution in [2.45, 2.75) is 52.8 Å². The van der Waals surface area contributed by atoms with E-state index >= 15 is 0 Å². The van der Waals surface area contributed by atoms with Crippen LogP contribution in [0.15, 0.2) is 48.5 Å². The van der Waals surface area contributed by atoms with Crippen molar-refractivity contribution in [2.24, 2.45) is 0 Å². The van der Waals surface area contributed by atoms with E-state index in [1.54, 1.807) is 4.68 Å². The Balaban J connectivity index is 2.01. The highest BCUT2D eigenvalue weighted by molar-refractivity contribution is 5.43. The molecule has 0 spiro atoms. The first kappa shape index (κ1) is 25.8. The van der Waals surface area contributed by atoms with Gasteiger partial charge < -0.3 is 14.6 Å². The van der Waals surface area contributed by atoms with Gasteiger partial charge in [-0.25, -0.2) is 13.5 Å². The number of hydrogen-bond donors (Lipinski definition) is 1. The summed E-state index contributed by atoms with van der Waals surface area (Å²) in [5, 5.41) is 15.2. The zero-order chi connectivity index (χ0) is 24.7. The van der Waals surface area contributed by atoms with E-state index in [0.717, 1.165) is 29.8 Å². The molecule has 0 radical (unpaired) electrons. The number of hydrogen-bond acceptors (Lipinski definition) is 5. The van der Waals surface area contributed by atoms with E-state index in [4.69, 9.17) is 9.47 Å². The Morgan fingerprint density at radius 1 is 1.12 bits per heavy atom. The molecule has 2 aromatic carbocycles. The van der Waals surface area contributed by atoms with E-state index in [0.29, 0.717) is 31.3 Å². The van der Waals surface area contributed by atoms with Crippen molar-refractivity contribution in [1.29, 1.82) is 0 Å². The first-order valence-corrected chi connectivity index (χ1v) is 11.6. The first-order valence-electron chi connectivity index (χ1n) is 11.6. The summed E-state index contributed by atoms with van der Waals surface area (Å²) < 4.78 is 41.0. The molecule has 0 aliphatic heterocycles. The molecule has 0 aliphatic carbocycles. The SMILES string of the molecule is CCOC[C@H](O)CN(Cc1c(C)nn(-c2ccccc2)c1Oc1ccc(F)cc1F)[C@H](C)CC. The van der Waals surface area contributed by atoms with Crippen molar-refractivity contribution in [3.05, 3.63) is 71.4 Å². The first-order chi connectivity index (χ1) is 16.3. The van der Waals surface area contributed by atoms with Crippen LogP contribution in [0.2, 0.25) is 0 Å². The van der Waals surface area contributed by atoms with Crippen molar-refractivity contribution in [1.82, 2.24) is 14.7 Å². The second kappa shape index (κ2) is 12.1. The van der Waals surface area contributed by atoms with E-state index in [1.807, 2.05) is 44.2 Å². The minimum Gasteiger partial charge on any atom is -0.435 e. The van der Waals surface area contributed by atoms with Gasteiger partial charge in [-0.15, -0.1) is 0 Å². The molecular formula is C26H33F2N3O3. The molecule has 1 N–H and O–H groups in total.